The fraction of sp³-hybridized carbons (Fsp3) is 0.417. The van der Waals surface area contributed by atoms with Gasteiger partial charge in [-0.1, -0.05) is 24.4 Å². The van der Waals surface area contributed by atoms with E-state index in [4.69, 9.17) is 27.5 Å². The molecule has 3 N–H and O–H groups in total. The van der Waals surface area contributed by atoms with E-state index in [0.717, 1.165) is 12.3 Å². The molecule has 0 heterocycles. The second-order valence-electron chi connectivity index (χ2n) is 4.13. The van der Waals surface area contributed by atoms with E-state index in [1.54, 1.807) is 18.2 Å². The van der Waals surface area contributed by atoms with Gasteiger partial charge >= 0.3 is 0 Å². The summed E-state index contributed by atoms with van der Waals surface area (Å²) >= 11 is 5.85. The molecular weight excluding hydrogens is 224 g/mol. The van der Waals surface area contributed by atoms with Gasteiger partial charge in [0.2, 0.25) is 0 Å². The van der Waals surface area contributed by atoms with Crippen molar-refractivity contribution in [1.82, 2.24) is 0 Å². The number of hydrogen-bond acceptors (Lipinski definition) is 2. The number of amidine groups is 1. The Balaban J connectivity index is 2.02. The molecule has 0 radical (unpaired) electrons. The van der Waals surface area contributed by atoms with Gasteiger partial charge in [0.1, 0.15) is 11.6 Å². The molecular formula is C12H15ClN2O. The van der Waals surface area contributed by atoms with Gasteiger partial charge in [0.15, 0.2) is 0 Å². The van der Waals surface area contributed by atoms with Gasteiger partial charge in [0.05, 0.1) is 12.2 Å². The second-order valence-corrected chi connectivity index (χ2v) is 4.57. The number of nitrogens with one attached hydrogen (secondary N) is 1. The molecule has 0 spiro atoms. The third-order valence-electron chi connectivity index (χ3n) is 2.71. The standard InChI is InChI=1S/C12H15ClN2O/c13-9-3-4-11(10(7-9)12(14)15)16-6-5-8-1-2-8/h3-4,7-8H,1-2,5-6H2,(H3,14,15). The van der Waals surface area contributed by atoms with E-state index >= 15 is 0 Å². The lowest BCUT2D eigenvalue weighted by molar-refractivity contribution is 0.302. The molecule has 0 saturated heterocycles. The van der Waals surface area contributed by atoms with Crippen LogP contribution in [0, 0.1) is 11.3 Å². The summed E-state index contributed by atoms with van der Waals surface area (Å²) in [5, 5.41) is 8.01. The lowest BCUT2D eigenvalue weighted by Gasteiger charge is -2.10. The first kappa shape index (κ1) is 11.3. The van der Waals surface area contributed by atoms with Gasteiger partial charge < -0.3 is 10.5 Å². The molecule has 0 aliphatic heterocycles. The molecule has 2 rings (SSSR count). The van der Waals surface area contributed by atoms with Crippen LogP contribution in [0.2, 0.25) is 5.02 Å². The van der Waals surface area contributed by atoms with E-state index < -0.39 is 0 Å². The number of benzene rings is 1. The van der Waals surface area contributed by atoms with E-state index in [-0.39, 0.29) is 5.84 Å². The molecule has 4 heteroatoms. The van der Waals surface area contributed by atoms with Crippen LogP contribution < -0.4 is 10.5 Å². The number of halogens is 1. The van der Waals surface area contributed by atoms with Crippen LogP contribution in [0.25, 0.3) is 0 Å². The van der Waals surface area contributed by atoms with Crippen LogP contribution in [0.4, 0.5) is 0 Å². The zero-order chi connectivity index (χ0) is 11.5. The Morgan fingerprint density at radius 3 is 2.88 bits per heavy atom. The third kappa shape index (κ3) is 2.89. The Morgan fingerprint density at radius 1 is 1.50 bits per heavy atom. The van der Waals surface area contributed by atoms with Crippen LogP contribution in [0.1, 0.15) is 24.8 Å². The van der Waals surface area contributed by atoms with E-state index in [0.29, 0.717) is 22.9 Å². The quantitative estimate of drug-likeness (QED) is 0.612. The van der Waals surface area contributed by atoms with Gasteiger partial charge in [-0.2, -0.15) is 0 Å². The monoisotopic (exact) mass is 238 g/mol. The molecule has 16 heavy (non-hydrogen) atoms. The van der Waals surface area contributed by atoms with E-state index in [9.17, 15) is 0 Å². The van der Waals surface area contributed by atoms with E-state index in [2.05, 4.69) is 0 Å². The maximum absolute atomic E-state index is 7.44. The number of nitrogens with two attached hydrogens (primary N) is 1. The van der Waals surface area contributed by atoms with Gasteiger partial charge in [0.25, 0.3) is 0 Å². The van der Waals surface area contributed by atoms with Gasteiger partial charge in [-0.05, 0) is 30.5 Å². The van der Waals surface area contributed by atoms with Crippen molar-refractivity contribution in [1.29, 1.82) is 5.41 Å². The highest BCUT2D eigenvalue weighted by Gasteiger charge is 2.21. The molecule has 1 saturated carbocycles. The number of ether oxygens (including phenoxy) is 1. The van der Waals surface area contributed by atoms with Crippen molar-refractivity contribution >= 4 is 17.4 Å². The predicted octanol–water partition coefficient (Wildman–Crippen LogP) is 2.80. The molecule has 1 aliphatic rings. The first-order chi connectivity index (χ1) is 7.66. The molecule has 3 nitrogen and oxygen atoms in total. The van der Waals surface area contributed by atoms with Crippen molar-refractivity contribution in [2.75, 3.05) is 6.61 Å². The summed E-state index contributed by atoms with van der Waals surface area (Å²) in [6.45, 7) is 0.687. The summed E-state index contributed by atoms with van der Waals surface area (Å²) in [7, 11) is 0. The minimum atomic E-state index is -0.0103. The average molecular weight is 239 g/mol. The first-order valence-corrected chi connectivity index (χ1v) is 5.81. The zero-order valence-corrected chi connectivity index (χ0v) is 9.76. The highest BCUT2D eigenvalue weighted by Crippen LogP contribution is 2.32. The average Bonchev–Trinajstić information content (AvgIpc) is 3.04. The fourth-order valence-corrected chi connectivity index (χ4v) is 1.75. The van der Waals surface area contributed by atoms with Crippen LogP contribution in [-0.2, 0) is 0 Å². The van der Waals surface area contributed by atoms with E-state index in [1.807, 2.05) is 0 Å². The molecule has 0 amide bonds. The molecule has 1 fully saturated rings. The number of hydrogen-bond donors (Lipinski definition) is 2. The van der Waals surface area contributed by atoms with Gasteiger partial charge in [-0.3, -0.25) is 5.41 Å². The summed E-state index contributed by atoms with van der Waals surface area (Å²) in [6, 6.07) is 5.18. The van der Waals surface area contributed by atoms with Crippen LogP contribution >= 0.6 is 11.6 Å². The first-order valence-electron chi connectivity index (χ1n) is 5.43. The van der Waals surface area contributed by atoms with Gasteiger partial charge in [-0.25, -0.2) is 0 Å². The van der Waals surface area contributed by atoms with Crippen LogP contribution in [-0.4, -0.2) is 12.4 Å². The largest absolute Gasteiger partial charge is 0.493 e. The molecule has 86 valence electrons. The SMILES string of the molecule is N=C(N)c1cc(Cl)ccc1OCCC1CC1. The molecule has 1 aliphatic carbocycles. The summed E-state index contributed by atoms with van der Waals surface area (Å²) in [6.07, 6.45) is 3.73. The lowest BCUT2D eigenvalue weighted by atomic mass is 10.2. The smallest absolute Gasteiger partial charge is 0.130 e. The minimum absolute atomic E-state index is 0.0103. The fourth-order valence-electron chi connectivity index (χ4n) is 1.58. The van der Waals surface area contributed by atoms with Crippen LogP contribution in [0.5, 0.6) is 5.75 Å². The summed E-state index contributed by atoms with van der Waals surface area (Å²) in [4.78, 5) is 0. The number of nitrogen functional groups attached to an aromatic ring is 1. The maximum atomic E-state index is 7.44. The Morgan fingerprint density at radius 2 is 2.25 bits per heavy atom. The summed E-state index contributed by atoms with van der Waals surface area (Å²) in [5.74, 6) is 1.48. The third-order valence-corrected chi connectivity index (χ3v) is 2.95. The van der Waals surface area contributed by atoms with Crippen molar-refractivity contribution in [2.24, 2.45) is 11.7 Å². The van der Waals surface area contributed by atoms with Crippen molar-refractivity contribution in [3.8, 4) is 5.75 Å². The number of rotatable bonds is 5. The summed E-state index contributed by atoms with van der Waals surface area (Å²) in [5.41, 5.74) is 6.04. The Kier molecular flexibility index (Phi) is 3.34. The Bertz CT molecular complexity index is 402. The highest BCUT2D eigenvalue weighted by atomic mass is 35.5. The topological polar surface area (TPSA) is 59.1 Å². The van der Waals surface area contributed by atoms with Crippen LogP contribution in [0.15, 0.2) is 18.2 Å². The Hall–Kier alpha value is -1.22. The predicted molar refractivity (Wildman–Crippen MR) is 65.3 cm³/mol. The molecule has 0 bridgehead atoms. The molecule has 0 atom stereocenters. The Labute approximate surface area is 100 Å². The minimum Gasteiger partial charge on any atom is -0.493 e. The van der Waals surface area contributed by atoms with Crippen molar-refractivity contribution in [2.45, 2.75) is 19.3 Å². The lowest BCUT2D eigenvalue weighted by Crippen LogP contribution is -2.13. The second kappa shape index (κ2) is 4.74. The van der Waals surface area contributed by atoms with E-state index in [1.165, 1.54) is 12.8 Å². The van der Waals surface area contributed by atoms with Crippen molar-refractivity contribution in [3.05, 3.63) is 28.8 Å². The molecule has 1 aromatic rings. The van der Waals surface area contributed by atoms with Gasteiger partial charge in [0, 0.05) is 5.02 Å². The van der Waals surface area contributed by atoms with Crippen molar-refractivity contribution in [3.63, 3.8) is 0 Å². The van der Waals surface area contributed by atoms with Crippen LogP contribution in [0.3, 0.4) is 0 Å². The summed E-state index contributed by atoms with van der Waals surface area (Å²) < 4.78 is 5.62. The van der Waals surface area contributed by atoms with Gasteiger partial charge in [-0.15, -0.1) is 0 Å². The molecule has 0 aromatic heterocycles. The molecule has 0 unspecified atom stereocenters. The normalized spacial score (nSPS) is 14.8. The van der Waals surface area contributed by atoms with Crippen molar-refractivity contribution < 1.29 is 4.74 Å². The maximum Gasteiger partial charge on any atom is 0.130 e. The molecule has 1 aromatic carbocycles. The zero-order valence-electron chi connectivity index (χ0n) is 9.00. The highest BCUT2D eigenvalue weighted by molar-refractivity contribution is 6.31.